The second kappa shape index (κ2) is 6.68. The van der Waals surface area contributed by atoms with Gasteiger partial charge in [-0.2, -0.15) is 5.26 Å². The second-order valence-electron chi connectivity index (χ2n) is 3.81. The number of rotatable bonds is 5. The lowest BCUT2D eigenvalue weighted by molar-refractivity contribution is -0.137. The van der Waals surface area contributed by atoms with Gasteiger partial charge in [-0.3, -0.25) is 9.59 Å². The van der Waals surface area contributed by atoms with E-state index in [0.717, 1.165) is 7.11 Å². The number of benzene rings is 1. The predicted molar refractivity (Wildman–Crippen MR) is 70.5 cm³/mol. The van der Waals surface area contributed by atoms with Crippen molar-refractivity contribution in [3.05, 3.63) is 29.8 Å². The maximum Gasteiger partial charge on any atom is 0.320 e. The first-order valence-corrected chi connectivity index (χ1v) is 7.26. The van der Waals surface area contributed by atoms with Crippen LogP contribution in [0.25, 0.3) is 0 Å². The van der Waals surface area contributed by atoms with Gasteiger partial charge in [0.1, 0.15) is 17.6 Å². The molecule has 1 amide bonds. The van der Waals surface area contributed by atoms with Crippen LogP contribution in [0.15, 0.2) is 24.3 Å². The zero-order valence-electron chi connectivity index (χ0n) is 10.6. The molecule has 0 aliphatic rings. The van der Waals surface area contributed by atoms with Gasteiger partial charge in [-0.15, -0.1) is 0 Å². The van der Waals surface area contributed by atoms with Crippen LogP contribution in [0.5, 0.6) is 0 Å². The van der Waals surface area contributed by atoms with Crippen LogP contribution >= 0.6 is 0 Å². The average molecular weight is 296 g/mol. The van der Waals surface area contributed by atoms with E-state index in [-0.39, 0.29) is 11.3 Å². The Bertz CT molecular complexity index is 661. The summed E-state index contributed by atoms with van der Waals surface area (Å²) in [4.78, 5) is 22.5. The molecule has 20 heavy (non-hydrogen) atoms. The normalized spacial score (nSPS) is 10.4. The summed E-state index contributed by atoms with van der Waals surface area (Å²) < 4.78 is 27.3. The quantitative estimate of drug-likeness (QED) is 0.770. The number of anilines is 1. The van der Waals surface area contributed by atoms with Crippen molar-refractivity contribution in [3.63, 3.8) is 0 Å². The molecule has 0 atom stereocenters. The van der Waals surface area contributed by atoms with E-state index in [1.165, 1.54) is 12.1 Å². The Kier molecular flexibility index (Phi) is 5.23. The highest BCUT2D eigenvalue weighted by Crippen LogP contribution is 2.13. The monoisotopic (exact) mass is 296 g/mol. The van der Waals surface area contributed by atoms with Crippen LogP contribution in [-0.4, -0.2) is 38.9 Å². The fourth-order valence-corrected chi connectivity index (χ4v) is 2.42. The van der Waals surface area contributed by atoms with Crippen LogP contribution in [0.4, 0.5) is 5.69 Å². The van der Waals surface area contributed by atoms with Crippen molar-refractivity contribution in [1.29, 1.82) is 5.26 Å². The molecule has 0 aliphatic carbocycles. The number of esters is 1. The maximum absolute atomic E-state index is 11.6. The maximum atomic E-state index is 11.6. The number of ether oxygens (including phenoxy) is 1. The van der Waals surface area contributed by atoms with E-state index < -0.39 is 33.2 Å². The van der Waals surface area contributed by atoms with Crippen LogP contribution in [0, 0.1) is 11.3 Å². The van der Waals surface area contributed by atoms with Crippen molar-refractivity contribution >= 4 is 27.4 Å². The molecule has 0 radical (unpaired) electrons. The van der Waals surface area contributed by atoms with Gasteiger partial charge in [-0.1, -0.05) is 12.1 Å². The summed E-state index contributed by atoms with van der Waals surface area (Å²) in [7, 11) is -2.84. The van der Waals surface area contributed by atoms with Gasteiger partial charge in [0.05, 0.1) is 18.4 Å². The number of carbonyl (C=O) groups is 2. The van der Waals surface area contributed by atoms with Crippen molar-refractivity contribution in [2.75, 3.05) is 23.9 Å². The van der Waals surface area contributed by atoms with E-state index in [0.29, 0.717) is 0 Å². The fourth-order valence-electron chi connectivity index (χ4n) is 1.37. The topological polar surface area (TPSA) is 113 Å². The number of nitrogens with zero attached hydrogens (tertiary/aromatic N) is 1. The highest BCUT2D eigenvalue weighted by molar-refractivity contribution is 7.92. The van der Waals surface area contributed by atoms with Crippen LogP contribution in [0.1, 0.15) is 5.56 Å². The lowest BCUT2D eigenvalue weighted by Gasteiger charge is -2.07. The molecule has 106 valence electrons. The molecule has 0 fully saturated rings. The zero-order valence-corrected chi connectivity index (χ0v) is 11.4. The highest BCUT2D eigenvalue weighted by Gasteiger charge is 2.21. The molecule has 7 nitrogen and oxygen atoms in total. The number of amides is 1. The first-order valence-electron chi connectivity index (χ1n) is 5.44. The molecule has 0 heterocycles. The largest absolute Gasteiger partial charge is 0.468 e. The van der Waals surface area contributed by atoms with Crippen LogP contribution in [0.2, 0.25) is 0 Å². The minimum atomic E-state index is -3.90. The Hall–Kier alpha value is -2.40. The van der Waals surface area contributed by atoms with Gasteiger partial charge in [-0.05, 0) is 12.1 Å². The van der Waals surface area contributed by atoms with Crippen molar-refractivity contribution in [2.24, 2.45) is 0 Å². The number of para-hydroxylation sites is 1. The molecule has 0 aliphatic heterocycles. The summed E-state index contributed by atoms with van der Waals surface area (Å²) >= 11 is 0. The summed E-state index contributed by atoms with van der Waals surface area (Å²) in [6.07, 6.45) is 0. The van der Waals surface area contributed by atoms with Gasteiger partial charge in [0.25, 0.3) is 0 Å². The lowest BCUT2D eigenvalue weighted by Crippen LogP contribution is -2.28. The van der Waals surface area contributed by atoms with Gasteiger partial charge >= 0.3 is 5.97 Å². The summed E-state index contributed by atoms with van der Waals surface area (Å²) in [5, 5.41) is 11.2. The van der Waals surface area contributed by atoms with E-state index in [2.05, 4.69) is 10.1 Å². The van der Waals surface area contributed by atoms with Crippen LogP contribution in [0.3, 0.4) is 0 Å². The molecule has 1 aromatic rings. The second-order valence-corrected chi connectivity index (χ2v) is 5.88. The minimum absolute atomic E-state index is 0.214. The van der Waals surface area contributed by atoms with Gasteiger partial charge in [0.15, 0.2) is 9.84 Å². The number of nitrogens with one attached hydrogen (secondary N) is 1. The molecule has 1 rings (SSSR count). The molecule has 8 heteroatoms. The molecule has 1 aromatic carbocycles. The van der Waals surface area contributed by atoms with Crippen LogP contribution in [-0.2, 0) is 24.2 Å². The number of methoxy groups -OCH3 is 1. The first-order chi connectivity index (χ1) is 9.38. The van der Waals surface area contributed by atoms with Gasteiger partial charge in [-0.25, -0.2) is 8.42 Å². The Morgan fingerprint density at radius 1 is 1.30 bits per heavy atom. The Morgan fingerprint density at radius 2 is 1.95 bits per heavy atom. The van der Waals surface area contributed by atoms with Crippen molar-refractivity contribution < 1.29 is 22.7 Å². The molecule has 0 spiro atoms. The molecule has 0 bridgehead atoms. The van der Waals surface area contributed by atoms with Crippen molar-refractivity contribution in [2.45, 2.75) is 0 Å². The Morgan fingerprint density at radius 3 is 2.55 bits per heavy atom. The average Bonchev–Trinajstić information content (AvgIpc) is 2.37. The van der Waals surface area contributed by atoms with Crippen molar-refractivity contribution in [1.82, 2.24) is 0 Å². The molecule has 0 saturated carbocycles. The van der Waals surface area contributed by atoms with Gasteiger partial charge in [0, 0.05) is 0 Å². The molecule has 0 aromatic heterocycles. The molecule has 1 N–H and O–H groups in total. The first kappa shape index (κ1) is 15.7. The number of hydrogen-bond acceptors (Lipinski definition) is 6. The molecular formula is C12H12N2O5S. The van der Waals surface area contributed by atoms with Gasteiger partial charge < -0.3 is 10.1 Å². The Labute approximate surface area is 116 Å². The highest BCUT2D eigenvalue weighted by atomic mass is 32.2. The standard InChI is InChI=1S/C12H12N2O5S/c1-19-12(16)8-20(17,18)7-11(15)14-10-5-3-2-4-9(10)6-13/h2-5H,7-8H2,1H3,(H,14,15). The predicted octanol–water partition coefficient (Wildman–Crippen LogP) is 0.0846. The molecular weight excluding hydrogens is 284 g/mol. The lowest BCUT2D eigenvalue weighted by atomic mass is 10.2. The summed E-state index contributed by atoms with van der Waals surface area (Å²) in [6, 6.07) is 8.04. The van der Waals surface area contributed by atoms with Crippen LogP contribution < -0.4 is 5.32 Å². The third-order valence-corrected chi connectivity index (χ3v) is 3.62. The smallest absolute Gasteiger partial charge is 0.320 e. The van der Waals surface area contributed by atoms with E-state index in [9.17, 15) is 18.0 Å². The fraction of sp³-hybridized carbons (Fsp3) is 0.250. The molecule has 0 unspecified atom stereocenters. The summed E-state index contributed by atoms with van der Waals surface area (Å²) in [6.45, 7) is 0. The van der Waals surface area contributed by atoms with E-state index >= 15 is 0 Å². The SMILES string of the molecule is COC(=O)CS(=O)(=O)CC(=O)Nc1ccccc1C#N. The van der Waals surface area contributed by atoms with E-state index in [1.54, 1.807) is 12.1 Å². The Balaban J connectivity index is 2.74. The number of carbonyl (C=O) groups excluding carboxylic acids is 2. The van der Waals surface area contributed by atoms with E-state index in [4.69, 9.17) is 5.26 Å². The van der Waals surface area contributed by atoms with Crippen molar-refractivity contribution in [3.8, 4) is 6.07 Å². The minimum Gasteiger partial charge on any atom is -0.468 e. The number of nitriles is 1. The number of sulfone groups is 1. The summed E-state index contributed by atoms with van der Waals surface area (Å²) in [5.74, 6) is -3.48. The van der Waals surface area contributed by atoms with Gasteiger partial charge in [0.2, 0.25) is 5.91 Å². The zero-order chi connectivity index (χ0) is 15.2. The third kappa shape index (κ3) is 4.70. The third-order valence-electron chi connectivity index (χ3n) is 2.24. The summed E-state index contributed by atoms with van der Waals surface area (Å²) in [5.41, 5.74) is 0.430. The molecule has 0 saturated heterocycles. The number of hydrogen-bond donors (Lipinski definition) is 1. The van der Waals surface area contributed by atoms with E-state index in [1.807, 2.05) is 6.07 Å².